The lowest BCUT2D eigenvalue weighted by molar-refractivity contribution is 0.0715. The number of aromatic nitrogens is 2. The summed E-state index contributed by atoms with van der Waals surface area (Å²) in [6.45, 7) is 7.80. The maximum Gasteiger partial charge on any atom is 0.132 e. The van der Waals surface area contributed by atoms with Crippen LogP contribution in [0.5, 0.6) is 0 Å². The average Bonchev–Trinajstić information content (AvgIpc) is 2.41. The number of nitrogens with zero attached hydrogens (tertiary/aromatic N) is 2. The second-order valence-electron chi connectivity index (χ2n) is 5.44. The quantitative estimate of drug-likeness (QED) is 0.909. The molecule has 2 N–H and O–H groups in total. The number of rotatable bonds is 4. The molecule has 0 aliphatic heterocycles. The highest BCUT2D eigenvalue weighted by Crippen LogP contribution is 2.28. The van der Waals surface area contributed by atoms with Crippen molar-refractivity contribution in [2.45, 2.75) is 33.3 Å². The smallest absolute Gasteiger partial charge is 0.132 e. The number of aliphatic hydroxyl groups is 1. The molecule has 0 bridgehead atoms. The zero-order valence-corrected chi connectivity index (χ0v) is 13.5. The van der Waals surface area contributed by atoms with Crippen LogP contribution in [0.25, 0.3) is 0 Å². The molecule has 0 amide bonds. The number of hydrogen-bond acceptors (Lipinski definition) is 4. The van der Waals surface area contributed by atoms with Crippen molar-refractivity contribution < 1.29 is 5.11 Å². The molecule has 4 nitrogen and oxygen atoms in total. The molecule has 2 aromatic rings. The van der Waals surface area contributed by atoms with Crippen LogP contribution in [-0.4, -0.2) is 21.6 Å². The lowest BCUT2D eigenvalue weighted by atomic mass is 9.96. The fourth-order valence-corrected chi connectivity index (χ4v) is 2.53. The van der Waals surface area contributed by atoms with Gasteiger partial charge in [-0.05, 0) is 33.8 Å². The van der Waals surface area contributed by atoms with Gasteiger partial charge in [-0.2, -0.15) is 0 Å². The summed E-state index contributed by atoms with van der Waals surface area (Å²) in [5.41, 5.74) is 1.52. The van der Waals surface area contributed by atoms with Crippen molar-refractivity contribution in [3.8, 4) is 0 Å². The first kappa shape index (κ1) is 15.7. The third-order valence-corrected chi connectivity index (χ3v) is 3.88. The topological polar surface area (TPSA) is 58.0 Å². The number of nitrogens with one attached hydrogen (secondary N) is 1. The van der Waals surface area contributed by atoms with Crippen LogP contribution in [-0.2, 0) is 5.60 Å². The van der Waals surface area contributed by atoms with Crippen molar-refractivity contribution in [1.82, 2.24) is 9.97 Å². The van der Waals surface area contributed by atoms with Crippen molar-refractivity contribution in [3.63, 3.8) is 0 Å². The summed E-state index contributed by atoms with van der Waals surface area (Å²) >= 11 is 6.16. The Kier molecular flexibility index (Phi) is 4.49. The lowest BCUT2D eigenvalue weighted by Gasteiger charge is -2.26. The zero-order valence-electron chi connectivity index (χ0n) is 12.7. The van der Waals surface area contributed by atoms with E-state index < -0.39 is 5.60 Å². The molecule has 0 spiro atoms. The number of anilines is 1. The molecule has 112 valence electrons. The van der Waals surface area contributed by atoms with Gasteiger partial charge >= 0.3 is 0 Å². The SMILES string of the molecule is Cc1nc(C)c(C)c(NCC(C)(O)c2ccccc2Cl)n1. The second-order valence-corrected chi connectivity index (χ2v) is 5.84. The molecule has 1 unspecified atom stereocenters. The molecular formula is C16H20ClN3O. The van der Waals surface area contributed by atoms with Crippen molar-refractivity contribution in [2.75, 3.05) is 11.9 Å². The van der Waals surface area contributed by atoms with Crippen LogP contribution < -0.4 is 5.32 Å². The summed E-state index contributed by atoms with van der Waals surface area (Å²) in [5.74, 6) is 1.45. The van der Waals surface area contributed by atoms with E-state index in [1.54, 1.807) is 13.0 Å². The third kappa shape index (κ3) is 3.52. The van der Waals surface area contributed by atoms with Gasteiger partial charge in [0.05, 0.1) is 0 Å². The molecule has 1 aromatic heterocycles. The predicted molar refractivity (Wildman–Crippen MR) is 85.8 cm³/mol. The average molecular weight is 306 g/mol. The Hall–Kier alpha value is -1.65. The molecule has 21 heavy (non-hydrogen) atoms. The van der Waals surface area contributed by atoms with Gasteiger partial charge in [-0.15, -0.1) is 0 Å². The summed E-state index contributed by atoms with van der Waals surface area (Å²) < 4.78 is 0. The van der Waals surface area contributed by atoms with E-state index in [1.165, 1.54) is 0 Å². The molecule has 1 atom stereocenters. The van der Waals surface area contributed by atoms with Gasteiger partial charge < -0.3 is 10.4 Å². The number of hydrogen-bond donors (Lipinski definition) is 2. The highest BCUT2D eigenvalue weighted by atomic mass is 35.5. The fraction of sp³-hybridized carbons (Fsp3) is 0.375. The highest BCUT2D eigenvalue weighted by molar-refractivity contribution is 6.31. The van der Waals surface area contributed by atoms with Gasteiger partial charge in [0, 0.05) is 28.4 Å². The zero-order chi connectivity index (χ0) is 15.6. The second kappa shape index (κ2) is 6.00. The Morgan fingerprint density at radius 1 is 1.19 bits per heavy atom. The summed E-state index contributed by atoms with van der Waals surface area (Å²) in [7, 11) is 0. The van der Waals surface area contributed by atoms with E-state index in [4.69, 9.17) is 11.6 Å². The van der Waals surface area contributed by atoms with Gasteiger partial charge in [0.1, 0.15) is 17.2 Å². The first-order valence-corrected chi connectivity index (χ1v) is 7.22. The van der Waals surface area contributed by atoms with E-state index in [2.05, 4.69) is 15.3 Å². The molecule has 0 aliphatic rings. The largest absolute Gasteiger partial charge is 0.384 e. The Morgan fingerprint density at radius 2 is 1.86 bits per heavy atom. The molecular weight excluding hydrogens is 286 g/mol. The standard InChI is InChI=1S/C16H20ClN3O/c1-10-11(2)19-12(3)20-15(10)18-9-16(4,21)13-7-5-6-8-14(13)17/h5-8,21H,9H2,1-4H3,(H,18,19,20). The van der Waals surface area contributed by atoms with E-state index in [1.807, 2.05) is 39.0 Å². The number of halogens is 1. The lowest BCUT2D eigenvalue weighted by Crippen LogP contribution is -2.31. The van der Waals surface area contributed by atoms with Gasteiger partial charge in [-0.1, -0.05) is 29.8 Å². The normalized spacial score (nSPS) is 13.8. The molecule has 1 heterocycles. The Morgan fingerprint density at radius 3 is 2.52 bits per heavy atom. The molecule has 1 aromatic carbocycles. The van der Waals surface area contributed by atoms with Crippen molar-refractivity contribution in [1.29, 1.82) is 0 Å². The Bertz CT molecular complexity index is 656. The summed E-state index contributed by atoms with van der Waals surface area (Å²) in [6, 6.07) is 7.31. The molecule has 0 saturated heterocycles. The minimum absolute atomic E-state index is 0.313. The van der Waals surface area contributed by atoms with Crippen LogP contribution in [0, 0.1) is 20.8 Å². The van der Waals surface area contributed by atoms with Gasteiger partial charge in [0.2, 0.25) is 0 Å². The van der Waals surface area contributed by atoms with Crippen LogP contribution in [0.3, 0.4) is 0 Å². The predicted octanol–water partition coefficient (Wildman–Crippen LogP) is 3.37. The monoisotopic (exact) mass is 305 g/mol. The van der Waals surface area contributed by atoms with Gasteiger partial charge in [-0.3, -0.25) is 0 Å². The molecule has 5 heteroatoms. The van der Waals surface area contributed by atoms with Crippen LogP contribution in [0.1, 0.15) is 29.6 Å². The van der Waals surface area contributed by atoms with Crippen LogP contribution >= 0.6 is 11.6 Å². The summed E-state index contributed by atoms with van der Waals surface area (Å²) in [6.07, 6.45) is 0. The van der Waals surface area contributed by atoms with E-state index in [0.29, 0.717) is 23.0 Å². The Labute approximate surface area is 130 Å². The van der Waals surface area contributed by atoms with E-state index >= 15 is 0 Å². The van der Waals surface area contributed by atoms with E-state index in [-0.39, 0.29) is 0 Å². The first-order valence-electron chi connectivity index (χ1n) is 6.84. The number of aryl methyl sites for hydroxylation is 2. The van der Waals surface area contributed by atoms with Crippen LogP contribution in [0.2, 0.25) is 5.02 Å². The van der Waals surface area contributed by atoms with Gasteiger partial charge in [0.15, 0.2) is 0 Å². The molecule has 0 fully saturated rings. The fourth-order valence-electron chi connectivity index (χ4n) is 2.19. The molecule has 0 saturated carbocycles. The minimum Gasteiger partial charge on any atom is -0.384 e. The minimum atomic E-state index is -1.09. The molecule has 0 aliphatic carbocycles. The molecule has 2 rings (SSSR count). The van der Waals surface area contributed by atoms with Crippen LogP contribution in [0.15, 0.2) is 24.3 Å². The van der Waals surface area contributed by atoms with Crippen LogP contribution in [0.4, 0.5) is 5.82 Å². The summed E-state index contributed by atoms with van der Waals surface area (Å²) in [5, 5.41) is 14.4. The summed E-state index contributed by atoms with van der Waals surface area (Å²) in [4.78, 5) is 8.70. The van der Waals surface area contributed by atoms with Gasteiger partial charge in [-0.25, -0.2) is 9.97 Å². The number of benzene rings is 1. The maximum atomic E-state index is 10.7. The highest BCUT2D eigenvalue weighted by Gasteiger charge is 2.25. The van der Waals surface area contributed by atoms with Gasteiger partial charge in [0.25, 0.3) is 0 Å². The maximum absolute atomic E-state index is 10.7. The first-order chi connectivity index (χ1) is 9.81. The van der Waals surface area contributed by atoms with E-state index in [0.717, 1.165) is 17.1 Å². The molecule has 0 radical (unpaired) electrons. The van der Waals surface area contributed by atoms with Crippen molar-refractivity contribution >= 4 is 17.4 Å². The van der Waals surface area contributed by atoms with E-state index in [9.17, 15) is 5.11 Å². The van der Waals surface area contributed by atoms with Crippen molar-refractivity contribution in [3.05, 3.63) is 51.9 Å². The Balaban J connectivity index is 2.21. The third-order valence-electron chi connectivity index (χ3n) is 3.56. The van der Waals surface area contributed by atoms with Crippen molar-refractivity contribution in [2.24, 2.45) is 0 Å².